The molecule has 1 amide bonds. The van der Waals surface area contributed by atoms with Gasteiger partial charge in [0.15, 0.2) is 0 Å². The van der Waals surface area contributed by atoms with Crippen LogP contribution in [0.25, 0.3) is 5.65 Å². The van der Waals surface area contributed by atoms with Crippen LogP contribution in [0.3, 0.4) is 0 Å². The van der Waals surface area contributed by atoms with E-state index in [0.717, 1.165) is 23.4 Å². The highest BCUT2D eigenvalue weighted by molar-refractivity contribution is 5.96. The van der Waals surface area contributed by atoms with Gasteiger partial charge in [0, 0.05) is 39.1 Å². The Labute approximate surface area is 189 Å². The van der Waals surface area contributed by atoms with Gasteiger partial charge in [-0.15, -0.1) is 24.8 Å². The molecule has 0 saturated carbocycles. The van der Waals surface area contributed by atoms with Crippen molar-refractivity contribution in [1.82, 2.24) is 20.0 Å². The lowest BCUT2D eigenvalue weighted by Gasteiger charge is -2.11. The minimum absolute atomic E-state index is 0. The molecule has 2 heterocycles. The number of methoxy groups -OCH3 is 1. The van der Waals surface area contributed by atoms with Crippen LogP contribution in [0.2, 0.25) is 0 Å². The van der Waals surface area contributed by atoms with Crippen LogP contribution in [0.5, 0.6) is 5.75 Å². The van der Waals surface area contributed by atoms with E-state index >= 15 is 0 Å². The maximum Gasteiger partial charge on any atom is 0.255 e. The predicted molar refractivity (Wildman–Crippen MR) is 122 cm³/mol. The summed E-state index contributed by atoms with van der Waals surface area (Å²) < 4.78 is 12.8. The number of ether oxygens (including phenoxy) is 2. The smallest absolute Gasteiger partial charge is 0.255 e. The number of carbonyl (C=O) groups is 1. The van der Waals surface area contributed by atoms with Gasteiger partial charge < -0.3 is 24.5 Å². The van der Waals surface area contributed by atoms with E-state index < -0.39 is 0 Å². The largest absolute Gasteiger partial charge is 0.486 e. The fraction of sp³-hybridized carbons (Fsp3) is 0.333. The summed E-state index contributed by atoms with van der Waals surface area (Å²) in [5.41, 5.74) is 3.36. The van der Waals surface area contributed by atoms with Crippen LogP contribution < -0.4 is 15.4 Å². The van der Waals surface area contributed by atoms with E-state index in [1.807, 2.05) is 48.0 Å². The lowest BCUT2D eigenvalue weighted by atomic mass is 10.2. The topological polar surface area (TPSA) is 76.9 Å². The van der Waals surface area contributed by atoms with Gasteiger partial charge in [-0.25, -0.2) is 4.98 Å². The van der Waals surface area contributed by atoms with Crippen molar-refractivity contribution in [1.29, 1.82) is 0 Å². The molecule has 0 radical (unpaired) electrons. The van der Waals surface area contributed by atoms with Gasteiger partial charge in [0.1, 0.15) is 18.0 Å². The molecule has 0 unspecified atom stereocenters. The summed E-state index contributed by atoms with van der Waals surface area (Å²) in [5, 5.41) is 6.09. The molecule has 0 saturated heterocycles. The Hall–Kier alpha value is -2.32. The Balaban J connectivity index is 0.00000225. The Kier molecular flexibility index (Phi) is 11.2. The number of rotatable bonds is 10. The fourth-order valence-electron chi connectivity index (χ4n) is 2.82. The van der Waals surface area contributed by atoms with Gasteiger partial charge >= 0.3 is 0 Å². The van der Waals surface area contributed by atoms with Crippen LogP contribution in [-0.2, 0) is 11.3 Å². The second-order valence-electron chi connectivity index (χ2n) is 6.49. The van der Waals surface area contributed by atoms with Gasteiger partial charge in [0.2, 0.25) is 0 Å². The number of hydrogen-bond acceptors (Lipinski definition) is 5. The zero-order valence-corrected chi connectivity index (χ0v) is 18.7. The molecular weight excluding hydrogens is 427 g/mol. The third kappa shape index (κ3) is 7.18. The number of para-hydroxylation sites is 1. The Morgan fingerprint density at radius 1 is 1.07 bits per heavy atom. The number of pyridine rings is 1. The number of imidazole rings is 1. The van der Waals surface area contributed by atoms with E-state index in [2.05, 4.69) is 15.6 Å². The normalized spacial score (nSPS) is 10.2. The van der Waals surface area contributed by atoms with Crippen LogP contribution in [0.4, 0.5) is 0 Å². The number of amides is 1. The quantitative estimate of drug-likeness (QED) is 0.460. The molecule has 0 aliphatic heterocycles. The number of benzene rings is 1. The first kappa shape index (κ1) is 25.7. The first-order chi connectivity index (χ1) is 13.7. The third-order valence-corrected chi connectivity index (χ3v) is 4.23. The van der Waals surface area contributed by atoms with Crippen molar-refractivity contribution in [2.75, 3.05) is 33.4 Å². The predicted octanol–water partition coefficient (Wildman–Crippen LogP) is 3.03. The van der Waals surface area contributed by atoms with E-state index in [4.69, 9.17) is 9.47 Å². The average Bonchev–Trinajstić information content (AvgIpc) is 3.11. The lowest BCUT2D eigenvalue weighted by Crippen LogP contribution is -2.33. The highest BCUT2D eigenvalue weighted by Gasteiger charge is 2.12. The number of nitrogens with zero attached hydrogens (tertiary/aromatic N) is 2. The first-order valence-corrected chi connectivity index (χ1v) is 9.31. The van der Waals surface area contributed by atoms with Gasteiger partial charge in [-0.1, -0.05) is 18.2 Å². The molecule has 2 aromatic heterocycles. The summed E-state index contributed by atoms with van der Waals surface area (Å²) in [5.74, 6) is 0.385. The number of hydrogen-bond donors (Lipinski definition) is 2. The number of aryl methyl sites for hydroxylation is 1. The minimum Gasteiger partial charge on any atom is -0.486 e. The summed E-state index contributed by atoms with van der Waals surface area (Å²) in [6.45, 7) is 4.94. The molecule has 0 bridgehead atoms. The van der Waals surface area contributed by atoms with Crippen LogP contribution in [0.15, 0.2) is 48.8 Å². The summed E-state index contributed by atoms with van der Waals surface area (Å²) in [6.07, 6.45) is 3.96. The van der Waals surface area contributed by atoms with Crippen LogP contribution in [0, 0.1) is 6.92 Å². The molecule has 3 rings (SSSR count). The Morgan fingerprint density at radius 2 is 1.87 bits per heavy atom. The van der Waals surface area contributed by atoms with Crippen molar-refractivity contribution >= 4 is 36.4 Å². The molecule has 0 aliphatic rings. The van der Waals surface area contributed by atoms with Crippen LogP contribution >= 0.6 is 24.8 Å². The zero-order chi connectivity index (χ0) is 19.8. The van der Waals surface area contributed by atoms with E-state index in [9.17, 15) is 4.79 Å². The molecule has 9 heteroatoms. The molecule has 2 N–H and O–H groups in total. The van der Waals surface area contributed by atoms with Gasteiger partial charge in [-0.2, -0.15) is 0 Å². The van der Waals surface area contributed by atoms with Gasteiger partial charge in [0.25, 0.3) is 5.91 Å². The molecule has 1 aromatic carbocycles. The zero-order valence-electron chi connectivity index (χ0n) is 17.1. The number of carbonyl (C=O) groups excluding carboxylic acids is 1. The van der Waals surface area contributed by atoms with Crippen molar-refractivity contribution in [3.05, 3.63) is 65.6 Å². The van der Waals surface area contributed by atoms with Crippen molar-refractivity contribution < 1.29 is 14.3 Å². The molecule has 164 valence electrons. The number of fused-ring (bicyclic) bond motifs is 1. The van der Waals surface area contributed by atoms with Gasteiger partial charge in [0.05, 0.1) is 17.9 Å². The maximum atomic E-state index is 12.5. The summed E-state index contributed by atoms with van der Waals surface area (Å²) in [4.78, 5) is 17.0. The van der Waals surface area contributed by atoms with Crippen LogP contribution in [-0.4, -0.2) is 48.6 Å². The first-order valence-electron chi connectivity index (χ1n) is 9.31. The molecule has 30 heavy (non-hydrogen) atoms. The van der Waals surface area contributed by atoms with Gasteiger partial charge in [-0.3, -0.25) is 4.79 Å². The van der Waals surface area contributed by atoms with Crippen molar-refractivity contribution in [2.45, 2.75) is 13.5 Å². The molecule has 0 aliphatic carbocycles. The Morgan fingerprint density at radius 3 is 2.67 bits per heavy atom. The lowest BCUT2D eigenvalue weighted by molar-refractivity contribution is 0.0949. The standard InChI is InChI=1S/C21H26N4O3.2ClH/c1-16-7-8-20-24-17(14-25(20)13-16)15-28-19-6-4-3-5-18(19)21(26)23-10-9-22-11-12-27-2;;/h3-8,13-14,22H,9-12,15H2,1-2H3,(H,23,26);2*1H. The minimum atomic E-state index is -0.158. The van der Waals surface area contributed by atoms with E-state index in [-0.39, 0.29) is 30.7 Å². The van der Waals surface area contributed by atoms with Crippen molar-refractivity contribution in [3.63, 3.8) is 0 Å². The summed E-state index contributed by atoms with van der Waals surface area (Å²) in [6, 6.07) is 11.2. The highest BCUT2D eigenvalue weighted by Crippen LogP contribution is 2.19. The molecule has 7 nitrogen and oxygen atoms in total. The average molecular weight is 455 g/mol. The summed E-state index contributed by atoms with van der Waals surface area (Å²) >= 11 is 0. The molecule has 0 spiro atoms. The third-order valence-electron chi connectivity index (χ3n) is 4.23. The number of aromatic nitrogens is 2. The van der Waals surface area contributed by atoms with Gasteiger partial charge in [-0.05, 0) is 30.7 Å². The van der Waals surface area contributed by atoms with E-state index in [1.165, 1.54) is 0 Å². The molecular formula is C21H28Cl2N4O3. The fourth-order valence-corrected chi connectivity index (χ4v) is 2.82. The second kappa shape index (κ2) is 13.1. The second-order valence-corrected chi connectivity index (χ2v) is 6.49. The molecule has 0 fully saturated rings. The van der Waals surface area contributed by atoms with Crippen molar-refractivity contribution in [2.24, 2.45) is 0 Å². The molecule has 3 aromatic rings. The van der Waals surface area contributed by atoms with E-state index in [0.29, 0.717) is 37.6 Å². The Bertz CT molecular complexity index is 934. The van der Waals surface area contributed by atoms with Crippen molar-refractivity contribution in [3.8, 4) is 5.75 Å². The highest BCUT2D eigenvalue weighted by atomic mass is 35.5. The monoisotopic (exact) mass is 454 g/mol. The number of halogens is 2. The van der Waals surface area contributed by atoms with E-state index in [1.54, 1.807) is 19.2 Å². The maximum absolute atomic E-state index is 12.5. The van der Waals surface area contributed by atoms with Crippen LogP contribution in [0.1, 0.15) is 21.6 Å². The molecule has 0 atom stereocenters. The SMILES string of the molecule is COCCNCCNC(=O)c1ccccc1OCc1cn2cc(C)ccc2n1.Cl.Cl. The summed E-state index contributed by atoms with van der Waals surface area (Å²) in [7, 11) is 1.66. The number of nitrogens with one attached hydrogen (secondary N) is 2.